The van der Waals surface area contributed by atoms with Crippen LogP contribution < -0.4 is 0 Å². The van der Waals surface area contributed by atoms with Crippen LogP contribution >= 0.6 is 31.9 Å². The van der Waals surface area contributed by atoms with Gasteiger partial charge in [0.15, 0.2) is 0 Å². The zero-order chi connectivity index (χ0) is 12.3. The monoisotopic (exact) mass is 360 g/mol. The van der Waals surface area contributed by atoms with Gasteiger partial charge in [0.25, 0.3) is 0 Å². The molecule has 1 aliphatic carbocycles. The fraction of sp³-hybridized carbons (Fsp3) is 0.462. The van der Waals surface area contributed by atoms with Crippen molar-refractivity contribution in [2.24, 2.45) is 0 Å². The number of halogens is 2. The highest BCUT2D eigenvalue weighted by Crippen LogP contribution is 2.46. The maximum absolute atomic E-state index is 11.9. The lowest BCUT2D eigenvalue weighted by Crippen LogP contribution is -2.44. The molecule has 1 saturated carbocycles. The molecular formula is C13H14Br2O2. The van der Waals surface area contributed by atoms with Gasteiger partial charge in [-0.2, -0.15) is 0 Å². The first-order valence-electron chi connectivity index (χ1n) is 5.65. The Morgan fingerprint density at radius 3 is 2.53 bits per heavy atom. The second-order valence-corrected chi connectivity index (χ2v) is 6.84. The molecule has 0 amide bonds. The summed E-state index contributed by atoms with van der Waals surface area (Å²) in [6.45, 7) is 0.338. The minimum absolute atomic E-state index is 0.0965. The number of hydrogen-bond donors (Lipinski definition) is 0. The maximum Gasteiger partial charge on any atom is 0.321 e. The standard InChI is InChI=1S/C13H14Br2O2/c14-11(13(15)7-4-8-13)12(16)17-9-10-5-2-1-3-6-10/h1-3,5-6,11H,4,7-9H2. The minimum Gasteiger partial charge on any atom is -0.460 e. The normalized spacial score (nSPS) is 19.2. The van der Waals surface area contributed by atoms with Crippen molar-refractivity contribution >= 4 is 37.8 Å². The largest absolute Gasteiger partial charge is 0.460 e. The molecule has 0 saturated heterocycles. The maximum atomic E-state index is 11.9. The lowest BCUT2D eigenvalue weighted by Gasteiger charge is -2.38. The van der Waals surface area contributed by atoms with Crippen molar-refractivity contribution in [2.45, 2.75) is 35.0 Å². The predicted molar refractivity (Wildman–Crippen MR) is 74.5 cm³/mol. The molecule has 0 heterocycles. The van der Waals surface area contributed by atoms with E-state index in [1.807, 2.05) is 30.3 Å². The van der Waals surface area contributed by atoms with Crippen molar-refractivity contribution in [3.8, 4) is 0 Å². The number of ether oxygens (including phenoxy) is 1. The van der Waals surface area contributed by atoms with Crippen LogP contribution in [0.1, 0.15) is 24.8 Å². The second-order valence-electron chi connectivity index (χ2n) is 4.34. The quantitative estimate of drug-likeness (QED) is 0.602. The highest BCUT2D eigenvalue weighted by Gasteiger charge is 2.45. The molecule has 2 rings (SSSR count). The molecule has 92 valence electrons. The van der Waals surface area contributed by atoms with Crippen molar-refractivity contribution in [2.75, 3.05) is 0 Å². The highest BCUT2D eigenvalue weighted by molar-refractivity contribution is 9.12. The summed E-state index contributed by atoms with van der Waals surface area (Å²) >= 11 is 7.04. The summed E-state index contributed by atoms with van der Waals surface area (Å²) in [7, 11) is 0. The van der Waals surface area contributed by atoms with Crippen LogP contribution in [0.2, 0.25) is 0 Å². The molecule has 0 aliphatic heterocycles. The summed E-state index contributed by atoms with van der Waals surface area (Å²) in [6, 6.07) is 9.72. The molecule has 0 N–H and O–H groups in total. The van der Waals surface area contributed by atoms with Gasteiger partial charge in [-0.15, -0.1) is 0 Å². The fourth-order valence-electron chi connectivity index (χ4n) is 1.78. The second kappa shape index (κ2) is 5.53. The van der Waals surface area contributed by atoms with Gasteiger partial charge in [-0.1, -0.05) is 68.6 Å². The molecule has 2 nitrogen and oxygen atoms in total. The van der Waals surface area contributed by atoms with Gasteiger partial charge < -0.3 is 4.74 Å². The van der Waals surface area contributed by atoms with Crippen molar-refractivity contribution in [3.63, 3.8) is 0 Å². The molecule has 0 aromatic heterocycles. The lowest BCUT2D eigenvalue weighted by molar-refractivity contribution is -0.145. The van der Waals surface area contributed by atoms with E-state index in [-0.39, 0.29) is 15.1 Å². The van der Waals surface area contributed by atoms with E-state index in [0.29, 0.717) is 6.61 Å². The summed E-state index contributed by atoms with van der Waals surface area (Å²) in [5.41, 5.74) is 1.01. The van der Waals surface area contributed by atoms with E-state index in [0.717, 1.165) is 18.4 Å². The topological polar surface area (TPSA) is 26.3 Å². The first-order valence-corrected chi connectivity index (χ1v) is 7.36. The third kappa shape index (κ3) is 3.10. The van der Waals surface area contributed by atoms with Crippen LogP contribution in [0.25, 0.3) is 0 Å². The van der Waals surface area contributed by atoms with Crippen LogP contribution in [0, 0.1) is 0 Å². The number of hydrogen-bond acceptors (Lipinski definition) is 2. The van der Waals surface area contributed by atoms with Crippen molar-refractivity contribution in [1.82, 2.24) is 0 Å². The zero-order valence-corrected chi connectivity index (χ0v) is 12.5. The predicted octanol–water partition coefficient (Wildman–Crippen LogP) is 3.81. The first kappa shape index (κ1) is 13.1. The summed E-state index contributed by atoms with van der Waals surface area (Å²) < 4.78 is 5.20. The first-order chi connectivity index (χ1) is 8.12. The Labute approximate surface area is 118 Å². The van der Waals surface area contributed by atoms with Crippen LogP contribution in [0.15, 0.2) is 30.3 Å². The van der Waals surface area contributed by atoms with E-state index >= 15 is 0 Å². The number of rotatable bonds is 4. The van der Waals surface area contributed by atoms with Gasteiger partial charge in [-0.3, -0.25) is 4.79 Å². The number of alkyl halides is 2. The van der Waals surface area contributed by atoms with E-state index in [1.54, 1.807) is 0 Å². The van der Waals surface area contributed by atoms with Gasteiger partial charge in [0, 0.05) is 4.32 Å². The van der Waals surface area contributed by atoms with Crippen molar-refractivity contribution in [3.05, 3.63) is 35.9 Å². The third-order valence-corrected chi connectivity index (χ3v) is 6.19. The average molecular weight is 362 g/mol. The molecule has 1 unspecified atom stereocenters. The Morgan fingerprint density at radius 1 is 1.35 bits per heavy atom. The van der Waals surface area contributed by atoms with Gasteiger partial charge in [-0.05, 0) is 18.4 Å². The Hall–Kier alpha value is -0.350. The molecule has 1 aromatic carbocycles. The summed E-state index contributed by atoms with van der Waals surface area (Å²) in [5, 5.41) is 0. The van der Waals surface area contributed by atoms with E-state index in [2.05, 4.69) is 31.9 Å². The number of carbonyl (C=O) groups is 1. The Kier molecular flexibility index (Phi) is 4.26. The Bertz CT molecular complexity index is 388. The molecule has 0 spiro atoms. The minimum atomic E-state index is -0.257. The van der Waals surface area contributed by atoms with E-state index in [1.165, 1.54) is 6.42 Å². The van der Waals surface area contributed by atoms with Crippen LogP contribution in [0.5, 0.6) is 0 Å². The average Bonchev–Trinajstić information content (AvgIpc) is 2.33. The molecule has 1 atom stereocenters. The van der Waals surface area contributed by atoms with Gasteiger partial charge in [0.1, 0.15) is 11.4 Å². The Balaban J connectivity index is 1.85. The van der Waals surface area contributed by atoms with Gasteiger partial charge in [0.05, 0.1) is 0 Å². The molecule has 17 heavy (non-hydrogen) atoms. The Morgan fingerprint density at radius 2 is 2.00 bits per heavy atom. The number of benzene rings is 1. The van der Waals surface area contributed by atoms with Crippen LogP contribution in [-0.4, -0.2) is 15.1 Å². The van der Waals surface area contributed by atoms with Crippen molar-refractivity contribution < 1.29 is 9.53 Å². The van der Waals surface area contributed by atoms with Crippen LogP contribution in [0.3, 0.4) is 0 Å². The van der Waals surface area contributed by atoms with E-state index in [9.17, 15) is 4.79 Å². The third-order valence-electron chi connectivity index (χ3n) is 3.07. The molecule has 1 aliphatic rings. The smallest absolute Gasteiger partial charge is 0.321 e. The number of esters is 1. The number of carbonyl (C=O) groups excluding carboxylic acids is 1. The van der Waals surface area contributed by atoms with E-state index < -0.39 is 0 Å². The van der Waals surface area contributed by atoms with Crippen LogP contribution in [-0.2, 0) is 16.1 Å². The van der Waals surface area contributed by atoms with Crippen molar-refractivity contribution in [1.29, 1.82) is 0 Å². The highest BCUT2D eigenvalue weighted by atomic mass is 79.9. The zero-order valence-electron chi connectivity index (χ0n) is 9.36. The summed E-state index contributed by atoms with van der Waals surface area (Å²) in [6.07, 6.45) is 3.20. The molecule has 1 aromatic rings. The SMILES string of the molecule is O=C(OCc1ccccc1)C(Br)C1(Br)CCC1. The van der Waals surface area contributed by atoms with Gasteiger partial charge in [0.2, 0.25) is 0 Å². The summed E-state index contributed by atoms with van der Waals surface area (Å²) in [5.74, 6) is -0.189. The summed E-state index contributed by atoms with van der Waals surface area (Å²) in [4.78, 5) is 11.6. The van der Waals surface area contributed by atoms with E-state index in [4.69, 9.17) is 4.74 Å². The van der Waals surface area contributed by atoms with Gasteiger partial charge in [-0.25, -0.2) is 0 Å². The van der Waals surface area contributed by atoms with Crippen LogP contribution in [0.4, 0.5) is 0 Å². The molecule has 4 heteroatoms. The molecule has 1 fully saturated rings. The fourth-order valence-corrected chi connectivity index (χ4v) is 3.12. The lowest BCUT2D eigenvalue weighted by atomic mass is 9.82. The van der Waals surface area contributed by atoms with Gasteiger partial charge >= 0.3 is 5.97 Å². The molecule has 0 bridgehead atoms. The molecule has 0 radical (unpaired) electrons. The molecular weight excluding hydrogens is 348 g/mol.